The normalized spacial score (nSPS) is 12.9. The molecule has 0 radical (unpaired) electrons. The quantitative estimate of drug-likeness (QED) is 0.410. The number of rotatable bonds is 2. The zero-order valence-corrected chi connectivity index (χ0v) is 8.21. The minimum absolute atomic E-state index is 0.621. The van der Waals surface area contributed by atoms with E-state index in [1.807, 2.05) is 0 Å². The molecule has 0 aromatic carbocycles. The van der Waals surface area contributed by atoms with Gasteiger partial charge in [0.25, 0.3) is 0 Å². The molecule has 0 fully saturated rings. The van der Waals surface area contributed by atoms with Gasteiger partial charge in [0.2, 0.25) is 11.1 Å². The van der Waals surface area contributed by atoms with Crippen LogP contribution in [0.4, 0.5) is 0 Å². The molecule has 0 atom stereocenters. The Balaban J connectivity index is 3.29. The van der Waals surface area contributed by atoms with Crippen LogP contribution in [0.15, 0.2) is 6.33 Å². The summed E-state index contributed by atoms with van der Waals surface area (Å²) in [6, 6.07) is 0. The Morgan fingerprint density at radius 2 is 1.29 bits per heavy atom. The summed E-state index contributed by atoms with van der Waals surface area (Å²) in [7, 11) is -9.44. The highest BCUT2D eigenvalue weighted by molar-refractivity contribution is 7.61. The van der Waals surface area contributed by atoms with Gasteiger partial charge in [-0.1, -0.05) is 0 Å². The van der Waals surface area contributed by atoms with Gasteiger partial charge in [-0.3, -0.25) is 9.13 Å². The third-order valence-corrected chi connectivity index (χ3v) is 2.54. The Labute approximate surface area is 77.2 Å². The fourth-order valence-corrected chi connectivity index (χ4v) is 1.49. The summed E-state index contributed by atoms with van der Waals surface area (Å²) in [4.78, 5) is 43.5. The van der Waals surface area contributed by atoms with Gasteiger partial charge in [-0.25, -0.2) is 9.97 Å². The molecule has 1 aromatic heterocycles. The first-order valence-electron chi connectivity index (χ1n) is 3.02. The summed E-state index contributed by atoms with van der Waals surface area (Å²) in [6.07, 6.45) is 0.621. The van der Waals surface area contributed by atoms with Crippen LogP contribution >= 0.6 is 15.2 Å². The molecule has 0 saturated heterocycles. The van der Waals surface area contributed by atoms with Crippen LogP contribution < -0.4 is 11.1 Å². The third kappa shape index (κ3) is 2.65. The molecule has 4 N–H and O–H groups in total. The molecule has 0 spiro atoms. The molecular weight excluding hydrogens is 236 g/mol. The number of aromatic nitrogens is 3. The second-order valence-corrected chi connectivity index (χ2v) is 5.15. The van der Waals surface area contributed by atoms with E-state index in [-0.39, 0.29) is 0 Å². The predicted octanol–water partition coefficient (Wildman–Crippen LogP) is -2.52. The van der Waals surface area contributed by atoms with Crippen molar-refractivity contribution in [1.82, 2.24) is 15.0 Å². The van der Waals surface area contributed by atoms with E-state index in [1.54, 1.807) is 0 Å². The van der Waals surface area contributed by atoms with Crippen LogP contribution in [0.2, 0.25) is 0 Å². The predicted molar refractivity (Wildman–Crippen MR) is 43.2 cm³/mol. The van der Waals surface area contributed by atoms with E-state index in [0.717, 1.165) is 0 Å². The second kappa shape index (κ2) is 3.47. The Hall–Kier alpha value is -0.690. The summed E-state index contributed by atoms with van der Waals surface area (Å²) in [5.74, 6) is 0. The van der Waals surface area contributed by atoms with Gasteiger partial charge < -0.3 is 19.6 Å². The Kier molecular flexibility index (Phi) is 2.82. The smallest absolute Gasteiger partial charge is 0.319 e. The number of hydrogen-bond acceptors (Lipinski definition) is 5. The lowest BCUT2D eigenvalue weighted by Gasteiger charge is -2.04. The van der Waals surface area contributed by atoms with Crippen LogP contribution in [-0.2, 0) is 9.13 Å². The maximum atomic E-state index is 10.6. The highest BCUT2D eigenvalue weighted by Crippen LogP contribution is 2.33. The minimum Gasteiger partial charge on any atom is -0.319 e. The molecule has 0 aliphatic heterocycles. The topological polar surface area (TPSA) is 154 Å². The SMILES string of the molecule is O=P(O)(O)c1ncnc(P(=O)(O)O)n1. The van der Waals surface area contributed by atoms with Gasteiger partial charge in [-0.2, -0.15) is 4.98 Å². The molecule has 0 unspecified atom stereocenters. The van der Waals surface area contributed by atoms with Crippen molar-refractivity contribution in [3.05, 3.63) is 6.33 Å². The van der Waals surface area contributed by atoms with Crippen LogP contribution in [-0.4, -0.2) is 34.5 Å². The monoisotopic (exact) mass is 241 g/mol. The van der Waals surface area contributed by atoms with Crippen molar-refractivity contribution in [2.45, 2.75) is 0 Å². The molecule has 0 bridgehead atoms. The van der Waals surface area contributed by atoms with E-state index in [2.05, 4.69) is 15.0 Å². The van der Waals surface area contributed by atoms with Crippen LogP contribution in [0.25, 0.3) is 0 Å². The second-order valence-electron chi connectivity index (χ2n) is 2.17. The standard InChI is InChI=1S/C3H5N3O6P2/c7-13(8,9)2-4-1-5-3(6-2)14(10,11)12/h1H,(H2,7,8,9)(H2,10,11,12). The molecule has 0 amide bonds. The van der Waals surface area contributed by atoms with Gasteiger partial charge in [0.15, 0.2) is 0 Å². The van der Waals surface area contributed by atoms with E-state index >= 15 is 0 Å². The van der Waals surface area contributed by atoms with Gasteiger partial charge in [0.1, 0.15) is 6.33 Å². The summed E-state index contributed by atoms with van der Waals surface area (Å²) in [5.41, 5.74) is -1.93. The first-order chi connectivity index (χ1) is 6.21. The highest BCUT2D eigenvalue weighted by atomic mass is 31.2. The maximum Gasteiger partial charge on any atom is 0.393 e. The first-order valence-corrected chi connectivity index (χ1v) is 6.25. The van der Waals surface area contributed by atoms with E-state index in [1.165, 1.54) is 0 Å². The van der Waals surface area contributed by atoms with Crippen molar-refractivity contribution in [2.75, 3.05) is 0 Å². The zero-order chi connectivity index (χ0) is 11.0. The Morgan fingerprint density at radius 3 is 1.57 bits per heavy atom. The van der Waals surface area contributed by atoms with Crippen LogP contribution in [0.3, 0.4) is 0 Å². The van der Waals surface area contributed by atoms with E-state index in [4.69, 9.17) is 19.6 Å². The van der Waals surface area contributed by atoms with Crippen molar-refractivity contribution in [2.24, 2.45) is 0 Å². The molecule has 0 aliphatic carbocycles. The largest absolute Gasteiger partial charge is 0.393 e. The Bertz CT molecular complexity index is 398. The molecule has 9 nitrogen and oxygen atoms in total. The van der Waals surface area contributed by atoms with Gasteiger partial charge in [0, 0.05) is 0 Å². The summed E-state index contributed by atoms with van der Waals surface area (Å²) in [6.45, 7) is 0. The summed E-state index contributed by atoms with van der Waals surface area (Å²) >= 11 is 0. The molecule has 11 heteroatoms. The lowest BCUT2D eigenvalue weighted by Crippen LogP contribution is -2.25. The van der Waals surface area contributed by atoms with Crippen LogP contribution in [0, 0.1) is 0 Å². The minimum atomic E-state index is -4.72. The van der Waals surface area contributed by atoms with Gasteiger partial charge >= 0.3 is 15.2 Å². The van der Waals surface area contributed by atoms with Crippen molar-refractivity contribution in [3.8, 4) is 0 Å². The van der Waals surface area contributed by atoms with Gasteiger partial charge in [-0.15, -0.1) is 0 Å². The zero-order valence-electron chi connectivity index (χ0n) is 6.42. The lowest BCUT2D eigenvalue weighted by molar-refractivity contribution is 0.384. The van der Waals surface area contributed by atoms with Crippen molar-refractivity contribution in [3.63, 3.8) is 0 Å². The molecule has 14 heavy (non-hydrogen) atoms. The third-order valence-electron chi connectivity index (χ3n) is 1.07. The maximum absolute atomic E-state index is 10.6. The summed E-state index contributed by atoms with van der Waals surface area (Å²) < 4.78 is 21.2. The lowest BCUT2D eigenvalue weighted by atomic mass is 11.1. The molecule has 1 heterocycles. The van der Waals surface area contributed by atoms with Crippen molar-refractivity contribution < 1.29 is 28.7 Å². The molecule has 1 rings (SSSR count). The van der Waals surface area contributed by atoms with E-state index < -0.39 is 26.3 Å². The summed E-state index contributed by atoms with van der Waals surface area (Å²) in [5, 5.41) is 0. The van der Waals surface area contributed by atoms with Crippen LogP contribution in [0.5, 0.6) is 0 Å². The van der Waals surface area contributed by atoms with Gasteiger partial charge in [-0.05, 0) is 0 Å². The first kappa shape index (κ1) is 11.4. The van der Waals surface area contributed by atoms with E-state index in [9.17, 15) is 9.13 Å². The number of hydrogen-bond donors (Lipinski definition) is 4. The number of nitrogens with zero attached hydrogens (tertiary/aromatic N) is 3. The average molecular weight is 241 g/mol. The van der Waals surface area contributed by atoms with Crippen molar-refractivity contribution >= 4 is 26.3 Å². The fourth-order valence-electron chi connectivity index (χ4n) is 0.560. The Morgan fingerprint density at radius 1 is 0.929 bits per heavy atom. The van der Waals surface area contributed by atoms with Crippen molar-refractivity contribution in [1.29, 1.82) is 0 Å². The molecule has 78 valence electrons. The molecule has 0 saturated carbocycles. The average Bonchev–Trinajstić information content (AvgIpc) is 2.01. The molecule has 0 aliphatic rings. The highest BCUT2D eigenvalue weighted by Gasteiger charge is 2.27. The molecule has 1 aromatic rings. The van der Waals surface area contributed by atoms with E-state index in [0.29, 0.717) is 6.33 Å². The molecular formula is C3H5N3O6P2. The van der Waals surface area contributed by atoms with Crippen LogP contribution in [0.1, 0.15) is 0 Å². The fraction of sp³-hybridized carbons (Fsp3) is 0. The van der Waals surface area contributed by atoms with Gasteiger partial charge in [0.05, 0.1) is 0 Å².